The first-order valence-corrected chi connectivity index (χ1v) is 4.01. The van der Waals surface area contributed by atoms with Crippen LogP contribution >= 0.6 is 0 Å². The van der Waals surface area contributed by atoms with E-state index >= 15 is 0 Å². The van der Waals surface area contributed by atoms with Gasteiger partial charge in [-0.15, -0.1) is 6.58 Å². The Morgan fingerprint density at radius 2 is 2.15 bits per heavy atom. The lowest BCUT2D eigenvalue weighted by atomic mass is 10.1. The molecule has 0 saturated heterocycles. The Bertz CT molecular complexity index is 333. The van der Waals surface area contributed by atoms with Crippen molar-refractivity contribution in [3.8, 4) is 11.5 Å². The van der Waals surface area contributed by atoms with Crippen molar-refractivity contribution in [2.75, 3.05) is 6.79 Å². The monoisotopic (exact) mass is 178 g/mol. The molecular weight excluding hydrogens is 168 g/mol. The molecule has 68 valence electrons. The Hall–Kier alpha value is -1.48. The minimum Gasteiger partial charge on any atom is -0.454 e. The van der Waals surface area contributed by atoms with E-state index < -0.39 is 6.10 Å². The molecular formula is C10H10O3. The predicted octanol–water partition coefficient (Wildman–Crippen LogP) is 1.63. The summed E-state index contributed by atoms with van der Waals surface area (Å²) >= 11 is 0. The van der Waals surface area contributed by atoms with Gasteiger partial charge in [-0.3, -0.25) is 0 Å². The molecule has 0 amide bonds. The number of aliphatic hydroxyl groups is 1. The molecule has 3 heteroatoms. The van der Waals surface area contributed by atoms with E-state index in [2.05, 4.69) is 6.58 Å². The van der Waals surface area contributed by atoms with Crippen LogP contribution in [0.1, 0.15) is 11.7 Å². The normalized spacial score (nSPS) is 15.5. The van der Waals surface area contributed by atoms with Gasteiger partial charge in [0.2, 0.25) is 6.79 Å². The van der Waals surface area contributed by atoms with E-state index in [9.17, 15) is 5.11 Å². The Morgan fingerprint density at radius 3 is 2.92 bits per heavy atom. The van der Waals surface area contributed by atoms with Crippen molar-refractivity contribution in [1.29, 1.82) is 0 Å². The smallest absolute Gasteiger partial charge is 0.231 e. The molecule has 2 rings (SSSR count). The molecule has 0 aromatic heterocycles. The minimum atomic E-state index is -0.644. The summed E-state index contributed by atoms with van der Waals surface area (Å²) < 4.78 is 10.3. The van der Waals surface area contributed by atoms with Crippen molar-refractivity contribution in [1.82, 2.24) is 0 Å². The van der Waals surface area contributed by atoms with Gasteiger partial charge in [-0.05, 0) is 17.7 Å². The van der Waals surface area contributed by atoms with Crippen LogP contribution in [0, 0.1) is 0 Å². The Morgan fingerprint density at radius 1 is 1.38 bits per heavy atom. The van der Waals surface area contributed by atoms with Gasteiger partial charge in [0.05, 0.1) is 6.10 Å². The Labute approximate surface area is 76.2 Å². The van der Waals surface area contributed by atoms with Gasteiger partial charge in [-0.1, -0.05) is 12.1 Å². The van der Waals surface area contributed by atoms with Crippen LogP contribution in [-0.4, -0.2) is 11.9 Å². The highest BCUT2D eigenvalue weighted by Gasteiger charge is 2.14. The first kappa shape index (κ1) is 8.13. The zero-order chi connectivity index (χ0) is 9.26. The largest absolute Gasteiger partial charge is 0.454 e. The van der Waals surface area contributed by atoms with Crippen molar-refractivity contribution < 1.29 is 14.6 Å². The van der Waals surface area contributed by atoms with E-state index in [4.69, 9.17) is 9.47 Å². The zero-order valence-corrected chi connectivity index (χ0v) is 7.06. The molecule has 0 radical (unpaired) electrons. The van der Waals surface area contributed by atoms with E-state index in [1.807, 2.05) is 0 Å². The fraction of sp³-hybridized carbons (Fsp3) is 0.200. The molecule has 1 N–H and O–H groups in total. The van der Waals surface area contributed by atoms with Gasteiger partial charge in [0.1, 0.15) is 0 Å². The van der Waals surface area contributed by atoms with Crippen molar-refractivity contribution in [2.24, 2.45) is 0 Å². The maximum Gasteiger partial charge on any atom is 0.231 e. The summed E-state index contributed by atoms with van der Waals surface area (Å²) in [6, 6.07) is 5.33. The lowest BCUT2D eigenvalue weighted by molar-refractivity contribution is 0.173. The van der Waals surface area contributed by atoms with E-state index in [0.29, 0.717) is 5.75 Å². The SMILES string of the molecule is C=C[C@@H](O)c1ccc2c(c1)OCO2. The minimum absolute atomic E-state index is 0.253. The number of benzene rings is 1. The van der Waals surface area contributed by atoms with Gasteiger partial charge >= 0.3 is 0 Å². The highest BCUT2D eigenvalue weighted by molar-refractivity contribution is 5.45. The van der Waals surface area contributed by atoms with Crippen molar-refractivity contribution >= 4 is 0 Å². The molecule has 0 bridgehead atoms. The van der Waals surface area contributed by atoms with E-state index in [1.165, 1.54) is 6.08 Å². The summed E-state index contributed by atoms with van der Waals surface area (Å²) in [5.74, 6) is 1.40. The molecule has 0 saturated carbocycles. The number of rotatable bonds is 2. The number of hydrogen-bond acceptors (Lipinski definition) is 3. The third-order valence-electron chi connectivity index (χ3n) is 1.96. The summed E-state index contributed by atoms with van der Waals surface area (Å²) in [4.78, 5) is 0. The van der Waals surface area contributed by atoms with E-state index in [0.717, 1.165) is 11.3 Å². The fourth-order valence-electron chi connectivity index (χ4n) is 1.23. The predicted molar refractivity (Wildman–Crippen MR) is 47.7 cm³/mol. The first-order valence-electron chi connectivity index (χ1n) is 4.01. The van der Waals surface area contributed by atoms with E-state index in [-0.39, 0.29) is 6.79 Å². The van der Waals surface area contributed by atoms with Gasteiger partial charge in [0.15, 0.2) is 11.5 Å². The second kappa shape index (κ2) is 3.11. The van der Waals surface area contributed by atoms with Crippen LogP contribution in [0.3, 0.4) is 0 Å². The van der Waals surface area contributed by atoms with Crippen molar-refractivity contribution in [3.05, 3.63) is 36.4 Å². The Kier molecular flexibility index (Phi) is 1.94. The zero-order valence-electron chi connectivity index (χ0n) is 7.06. The quantitative estimate of drug-likeness (QED) is 0.699. The number of aliphatic hydroxyl groups excluding tert-OH is 1. The van der Waals surface area contributed by atoms with E-state index in [1.54, 1.807) is 18.2 Å². The summed E-state index contributed by atoms with van der Waals surface area (Å²) in [5, 5.41) is 9.45. The van der Waals surface area contributed by atoms with Crippen LogP contribution in [0.5, 0.6) is 11.5 Å². The lowest BCUT2D eigenvalue weighted by Gasteiger charge is -2.05. The molecule has 13 heavy (non-hydrogen) atoms. The standard InChI is InChI=1S/C10H10O3/c1-2-8(11)7-3-4-9-10(5-7)13-6-12-9/h2-5,8,11H,1,6H2/t8-/m1/s1. The molecule has 0 fully saturated rings. The van der Waals surface area contributed by atoms with Crippen LogP contribution in [0.2, 0.25) is 0 Å². The Balaban J connectivity index is 2.35. The van der Waals surface area contributed by atoms with Gasteiger partial charge in [-0.25, -0.2) is 0 Å². The third kappa shape index (κ3) is 1.38. The number of hydrogen-bond donors (Lipinski definition) is 1. The molecule has 1 aliphatic heterocycles. The third-order valence-corrected chi connectivity index (χ3v) is 1.96. The van der Waals surface area contributed by atoms with Crippen LogP contribution in [0.25, 0.3) is 0 Å². The highest BCUT2D eigenvalue weighted by atomic mass is 16.7. The second-order valence-corrected chi connectivity index (χ2v) is 2.79. The van der Waals surface area contributed by atoms with Gasteiger partial charge in [0, 0.05) is 0 Å². The van der Waals surface area contributed by atoms with Crippen molar-refractivity contribution in [2.45, 2.75) is 6.10 Å². The number of ether oxygens (including phenoxy) is 2. The van der Waals surface area contributed by atoms with Gasteiger partial charge < -0.3 is 14.6 Å². The molecule has 0 unspecified atom stereocenters. The summed E-state index contributed by atoms with van der Waals surface area (Å²) in [6.07, 6.45) is 0.826. The molecule has 0 spiro atoms. The maximum absolute atomic E-state index is 9.45. The fourth-order valence-corrected chi connectivity index (χ4v) is 1.23. The topological polar surface area (TPSA) is 38.7 Å². The van der Waals surface area contributed by atoms with Crippen LogP contribution in [0.4, 0.5) is 0 Å². The summed E-state index contributed by atoms with van der Waals surface area (Å²) in [5.41, 5.74) is 0.763. The second-order valence-electron chi connectivity index (χ2n) is 2.79. The first-order chi connectivity index (χ1) is 6.31. The molecule has 3 nitrogen and oxygen atoms in total. The van der Waals surface area contributed by atoms with Crippen LogP contribution < -0.4 is 9.47 Å². The molecule has 1 heterocycles. The summed E-state index contributed by atoms with van der Waals surface area (Å²) in [7, 11) is 0. The highest BCUT2D eigenvalue weighted by Crippen LogP contribution is 2.34. The average molecular weight is 178 g/mol. The molecule has 1 aromatic carbocycles. The molecule has 1 atom stereocenters. The van der Waals surface area contributed by atoms with Gasteiger partial charge in [-0.2, -0.15) is 0 Å². The molecule has 0 aliphatic carbocycles. The molecule has 1 aromatic rings. The van der Waals surface area contributed by atoms with Crippen LogP contribution in [-0.2, 0) is 0 Å². The maximum atomic E-state index is 9.45. The van der Waals surface area contributed by atoms with Gasteiger partial charge in [0.25, 0.3) is 0 Å². The lowest BCUT2D eigenvalue weighted by Crippen LogP contribution is -1.93. The average Bonchev–Trinajstić information content (AvgIpc) is 2.63. The van der Waals surface area contributed by atoms with Crippen molar-refractivity contribution in [3.63, 3.8) is 0 Å². The van der Waals surface area contributed by atoms with Crippen LogP contribution in [0.15, 0.2) is 30.9 Å². The number of fused-ring (bicyclic) bond motifs is 1. The molecule has 1 aliphatic rings. The summed E-state index contributed by atoms with van der Waals surface area (Å²) in [6.45, 7) is 3.76.